The maximum atomic E-state index is 13.0. The Kier molecular flexibility index (Phi) is 7.51. The number of rotatable bonds is 9. The first-order valence-corrected chi connectivity index (χ1v) is 12.4. The van der Waals surface area contributed by atoms with E-state index < -0.39 is 0 Å². The summed E-state index contributed by atoms with van der Waals surface area (Å²) in [5.74, 6) is 1.05. The van der Waals surface area contributed by atoms with Crippen LogP contribution in [0.25, 0.3) is 0 Å². The van der Waals surface area contributed by atoms with E-state index in [1.165, 1.54) is 12.0 Å². The van der Waals surface area contributed by atoms with E-state index in [0.717, 1.165) is 69.3 Å². The molecule has 1 aromatic carbocycles. The molecule has 1 spiro atoms. The van der Waals surface area contributed by atoms with Crippen molar-refractivity contribution in [3.63, 3.8) is 0 Å². The van der Waals surface area contributed by atoms with Crippen LogP contribution in [0.1, 0.15) is 81.9 Å². The van der Waals surface area contributed by atoms with Gasteiger partial charge in [-0.3, -0.25) is 19.4 Å². The van der Waals surface area contributed by atoms with Gasteiger partial charge in [-0.1, -0.05) is 38.3 Å². The minimum atomic E-state index is -0.369. The molecule has 2 heterocycles. The van der Waals surface area contributed by atoms with Crippen molar-refractivity contribution in [3.8, 4) is 5.75 Å². The lowest BCUT2D eigenvalue weighted by atomic mass is 9.73. The zero-order chi connectivity index (χ0) is 22.6. The maximum absolute atomic E-state index is 13.0. The van der Waals surface area contributed by atoms with Gasteiger partial charge in [0.15, 0.2) is 0 Å². The van der Waals surface area contributed by atoms with Gasteiger partial charge in [-0.05, 0) is 56.8 Å². The molecule has 1 aromatic rings. The molecule has 0 bridgehead atoms. The number of amides is 2. The van der Waals surface area contributed by atoms with Crippen LogP contribution in [-0.2, 0) is 20.9 Å². The van der Waals surface area contributed by atoms with E-state index in [9.17, 15) is 9.59 Å². The summed E-state index contributed by atoms with van der Waals surface area (Å²) in [5, 5.41) is 0. The van der Waals surface area contributed by atoms with E-state index in [4.69, 9.17) is 9.47 Å². The predicted molar refractivity (Wildman–Crippen MR) is 123 cm³/mol. The van der Waals surface area contributed by atoms with Crippen molar-refractivity contribution in [1.82, 2.24) is 9.80 Å². The molecule has 6 heteroatoms. The molecule has 1 atom stereocenters. The van der Waals surface area contributed by atoms with Crippen LogP contribution in [0, 0.1) is 5.41 Å². The maximum Gasteiger partial charge on any atom is 0.235 e. The lowest BCUT2D eigenvalue weighted by molar-refractivity contribution is -0.142. The van der Waals surface area contributed by atoms with Crippen LogP contribution in [0.5, 0.6) is 5.75 Å². The quantitative estimate of drug-likeness (QED) is 0.417. The summed E-state index contributed by atoms with van der Waals surface area (Å²) in [6.07, 6.45) is 8.45. The normalized spacial score (nSPS) is 22.6. The highest BCUT2D eigenvalue weighted by molar-refractivity contribution is 6.05. The highest BCUT2D eigenvalue weighted by atomic mass is 16.5. The Morgan fingerprint density at radius 2 is 1.97 bits per heavy atom. The number of fused-ring (bicyclic) bond motifs is 1. The van der Waals surface area contributed by atoms with Crippen LogP contribution < -0.4 is 4.74 Å². The van der Waals surface area contributed by atoms with Gasteiger partial charge < -0.3 is 9.47 Å². The van der Waals surface area contributed by atoms with Crippen LogP contribution >= 0.6 is 0 Å². The Balaban J connectivity index is 1.35. The Hall–Kier alpha value is -1.92. The minimum Gasteiger partial charge on any atom is -0.496 e. The number of hydrogen-bond donors (Lipinski definition) is 0. The van der Waals surface area contributed by atoms with Gasteiger partial charge >= 0.3 is 0 Å². The van der Waals surface area contributed by atoms with E-state index in [2.05, 4.69) is 24.0 Å². The number of likely N-dealkylation sites (tertiary alicyclic amines) is 1. The monoisotopic (exact) mass is 442 g/mol. The highest BCUT2D eigenvalue weighted by Crippen LogP contribution is 2.45. The Labute approximate surface area is 192 Å². The average Bonchev–Trinajstić information content (AvgIpc) is 3.04. The third-order valence-corrected chi connectivity index (χ3v) is 7.60. The first-order chi connectivity index (χ1) is 15.6. The molecule has 1 saturated heterocycles. The molecule has 176 valence electrons. The van der Waals surface area contributed by atoms with E-state index in [-0.39, 0.29) is 23.3 Å². The summed E-state index contributed by atoms with van der Waals surface area (Å²) in [4.78, 5) is 29.7. The molecule has 32 heavy (non-hydrogen) atoms. The van der Waals surface area contributed by atoms with Gasteiger partial charge in [0.2, 0.25) is 11.8 Å². The van der Waals surface area contributed by atoms with Crippen molar-refractivity contribution in [2.45, 2.75) is 77.4 Å². The van der Waals surface area contributed by atoms with Crippen molar-refractivity contribution in [2.24, 2.45) is 5.41 Å². The molecule has 2 aliphatic heterocycles. The molecular weight excluding hydrogens is 404 g/mol. The standard InChI is InChI=1S/C26H38N2O4/c1-3-14-27(22-19-32-18-21-20(22)10-9-11-23(21)31-2)15-7-8-16-28-24(29)17-26(25(28)30)12-5-4-6-13-26/h9-11,22H,3-8,12-19H2,1-2H3. The number of benzene rings is 1. The van der Waals surface area contributed by atoms with Crippen molar-refractivity contribution >= 4 is 11.8 Å². The van der Waals surface area contributed by atoms with Crippen LogP contribution in [0.3, 0.4) is 0 Å². The van der Waals surface area contributed by atoms with Gasteiger partial charge in [0.25, 0.3) is 0 Å². The molecule has 0 N–H and O–H groups in total. The van der Waals surface area contributed by atoms with Gasteiger partial charge in [-0.2, -0.15) is 0 Å². The molecule has 1 unspecified atom stereocenters. The topological polar surface area (TPSA) is 59.1 Å². The van der Waals surface area contributed by atoms with Crippen LogP contribution in [0.4, 0.5) is 0 Å². The lowest BCUT2D eigenvalue weighted by Gasteiger charge is -2.36. The van der Waals surface area contributed by atoms with Crippen LogP contribution in [-0.4, -0.2) is 55.0 Å². The molecule has 1 aliphatic carbocycles. The van der Waals surface area contributed by atoms with E-state index in [1.807, 2.05) is 6.07 Å². The number of hydrogen-bond acceptors (Lipinski definition) is 5. The molecule has 0 aromatic heterocycles. The van der Waals surface area contributed by atoms with E-state index >= 15 is 0 Å². The second-order valence-electron chi connectivity index (χ2n) is 9.67. The van der Waals surface area contributed by atoms with Gasteiger partial charge in [0.1, 0.15) is 5.75 Å². The van der Waals surface area contributed by atoms with Crippen LogP contribution in [0.15, 0.2) is 18.2 Å². The first-order valence-electron chi connectivity index (χ1n) is 12.4. The van der Waals surface area contributed by atoms with Crippen molar-refractivity contribution < 1.29 is 19.1 Å². The smallest absolute Gasteiger partial charge is 0.235 e. The average molecular weight is 443 g/mol. The van der Waals surface area contributed by atoms with Crippen molar-refractivity contribution in [2.75, 3.05) is 33.4 Å². The Morgan fingerprint density at radius 1 is 1.16 bits per heavy atom. The number of ether oxygens (including phenoxy) is 2. The molecule has 0 radical (unpaired) electrons. The molecule has 3 aliphatic rings. The molecule has 2 fully saturated rings. The molecular formula is C26H38N2O4. The third-order valence-electron chi connectivity index (χ3n) is 7.60. The first kappa shape index (κ1) is 23.2. The number of imide groups is 1. The van der Waals surface area contributed by atoms with Gasteiger partial charge in [0.05, 0.1) is 31.8 Å². The summed E-state index contributed by atoms with van der Waals surface area (Å²) < 4.78 is 11.5. The van der Waals surface area contributed by atoms with Crippen molar-refractivity contribution in [1.29, 1.82) is 0 Å². The summed E-state index contributed by atoms with van der Waals surface area (Å²) in [6, 6.07) is 6.47. The number of carbonyl (C=O) groups excluding carboxylic acids is 2. The second kappa shape index (κ2) is 10.3. The predicted octanol–water partition coefficient (Wildman–Crippen LogP) is 4.47. The molecule has 6 nitrogen and oxygen atoms in total. The van der Waals surface area contributed by atoms with Crippen LogP contribution in [0.2, 0.25) is 0 Å². The van der Waals surface area contributed by atoms with E-state index in [0.29, 0.717) is 26.2 Å². The summed E-state index contributed by atoms with van der Waals surface area (Å²) in [7, 11) is 1.71. The zero-order valence-electron chi connectivity index (χ0n) is 19.7. The Morgan fingerprint density at radius 3 is 2.72 bits per heavy atom. The SMILES string of the molecule is CCCN(CCCCN1C(=O)CC2(CCCCC2)C1=O)C1COCc2c(OC)cccc21. The van der Waals surface area contributed by atoms with Gasteiger partial charge in [0, 0.05) is 18.5 Å². The number of nitrogens with zero attached hydrogens (tertiary/aromatic N) is 2. The fraction of sp³-hybridized carbons (Fsp3) is 0.692. The van der Waals surface area contributed by atoms with E-state index in [1.54, 1.807) is 12.0 Å². The number of carbonyl (C=O) groups is 2. The summed E-state index contributed by atoms with van der Waals surface area (Å²) in [6.45, 7) is 5.97. The fourth-order valence-corrected chi connectivity index (χ4v) is 5.91. The highest BCUT2D eigenvalue weighted by Gasteiger charge is 2.51. The lowest BCUT2D eigenvalue weighted by Crippen LogP contribution is -2.38. The summed E-state index contributed by atoms with van der Waals surface area (Å²) >= 11 is 0. The largest absolute Gasteiger partial charge is 0.496 e. The Bertz CT molecular complexity index is 818. The van der Waals surface area contributed by atoms with Crippen molar-refractivity contribution in [3.05, 3.63) is 29.3 Å². The fourth-order valence-electron chi connectivity index (χ4n) is 5.91. The zero-order valence-corrected chi connectivity index (χ0v) is 19.7. The molecule has 2 amide bonds. The number of methoxy groups -OCH3 is 1. The molecule has 1 saturated carbocycles. The summed E-state index contributed by atoms with van der Waals surface area (Å²) in [5.41, 5.74) is 2.08. The van der Waals surface area contributed by atoms with Gasteiger partial charge in [-0.15, -0.1) is 0 Å². The van der Waals surface area contributed by atoms with Gasteiger partial charge in [-0.25, -0.2) is 0 Å². The minimum absolute atomic E-state index is 0.0454. The molecule has 4 rings (SSSR count). The third kappa shape index (κ3) is 4.58. The number of unbranched alkanes of at least 4 members (excludes halogenated alkanes) is 1. The second-order valence-corrected chi connectivity index (χ2v) is 9.67.